The fourth-order valence-corrected chi connectivity index (χ4v) is 1.59. The molecule has 18 heavy (non-hydrogen) atoms. The summed E-state index contributed by atoms with van der Waals surface area (Å²) in [7, 11) is 0. The summed E-state index contributed by atoms with van der Waals surface area (Å²) in [5, 5.41) is 0. The second-order valence-corrected chi connectivity index (χ2v) is 4.71. The van der Waals surface area contributed by atoms with Crippen LogP contribution in [0.1, 0.15) is 44.0 Å². The number of aromatic nitrogens is 1. The molecular weight excluding hydrogens is 228 g/mol. The standard InChI is InChI=1S/C14H22N2O2/c1-4-6-18-12-7-11(8-16-9-12)13(17)14(3,5-2)10-15/h7-9H,4-6,10,15H2,1-3H3. The highest BCUT2D eigenvalue weighted by atomic mass is 16.5. The molecule has 0 spiro atoms. The van der Waals surface area contributed by atoms with E-state index < -0.39 is 5.41 Å². The Labute approximate surface area is 109 Å². The van der Waals surface area contributed by atoms with E-state index in [1.165, 1.54) is 0 Å². The van der Waals surface area contributed by atoms with Crippen molar-refractivity contribution in [1.29, 1.82) is 0 Å². The highest BCUT2D eigenvalue weighted by Crippen LogP contribution is 2.26. The Bertz CT molecular complexity index is 401. The molecule has 0 aliphatic rings. The van der Waals surface area contributed by atoms with Gasteiger partial charge in [-0.25, -0.2) is 0 Å². The molecule has 1 aromatic rings. The van der Waals surface area contributed by atoms with Gasteiger partial charge in [0.05, 0.1) is 12.8 Å². The van der Waals surface area contributed by atoms with Crippen molar-refractivity contribution in [2.24, 2.45) is 11.1 Å². The lowest BCUT2D eigenvalue weighted by atomic mass is 9.80. The van der Waals surface area contributed by atoms with Gasteiger partial charge in [0, 0.05) is 23.7 Å². The van der Waals surface area contributed by atoms with Crippen LogP contribution in [-0.4, -0.2) is 23.9 Å². The van der Waals surface area contributed by atoms with Crippen molar-refractivity contribution < 1.29 is 9.53 Å². The molecule has 1 unspecified atom stereocenters. The average Bonchev–Trinajstić information content (AvgIpc) is 2.43. The predicted octanol–water partition coefficient (Wildman–Crippen LogP) is 2.43. The van der Waals surface area contributed by atoms with Gasteiger partial charge in [0.15, 0.2) is 5.78 Å². The zero-order valence-electron chi connectivity index (χ0n) is 11.4. The van der Waals surface area contributed by atoms with Gasteiger partial charge in [-0.2, -0.15) is 0 Å². The lowest BCUT2D eigenvalue weighted by molar-refractivity contribution is 0.0819. The fraction of sp³-hybridized carbons (Fsp3) is 0.571. The number of carbonyl (C=O) groups excluding carboxylic acids is 1. The fourth-order valence-electron chi connectivity index (χ4n) is 1.59. The molecule has 0 saturated carbocycles. The molecule has 0 fully saturated rings. The van der Waals surface area contributed by atoms with E-state index in [9.17, 15) is 4.79 Å². The SMILES string of the molecule is CCCOc1cncc(C(=O)C(C)(CC)CN)c1. The van der Waals surface area contributed by atoms with Crippen molar-refractivity contribution >= 4 is 5.78 Å². The van der Waals surface area contributed by atoms with Crippen LogP contribution in [0.4, 0.5) is 0 Å². The Hall–Kier alpha value is -1.42. The van der Waals surface area contributed by atoms with Crippen LogP contribution in [-0.2, 0) is 0 Å². The number of pyridine rings is 1. The summed E-state index contributed by atoms with van der Waals surface area (Å²) in [4.78, 5) is 16.4. The van der Waals surface area contributed by atoms with Gasteiger partial charge in [-0.1, -0.05) is 20.8 Å². The van der Waals surface area contributed by atoms with Crippen LogP contribution in [0.3, 0.4) is 0 Å². The molecule has 100 valence electrons. The summed E-state index contributed by atoms with van der Waals surface area (Å²) < 4.78 is 5.48. The van der Waals surface area contributed by atoms with Crippen LogP contribution in [0.5, 0.6) is 5.75 Å². The van der Waals surface area contributed by atoms with E-state index in [2.05, 4.69) is 4.98 Å². The molecule has 0 aliphatic carbocycles. The first-order chi connectivity index (χ1) is 8.57. The molecule has 0 amide bonds. The maximum atomic E-state index is 12.4. The summed E-state index contributed by atoms with van der Waals surface area (Å²) in [5.74, 6) is 0.667. The first-order valence-electron chi connectivity index (χ1n) is 6.40. The Morgan fingerprint density at radius 1 is 1.44 bits per heavy atom. The summed E-state index contributed by atoms with van der Waals surface area (Å²) in [6.45, 7) is 6.85. The molecule has 4 nitrogen and oxygen atoms in total. The van der Waals surface area contributed by atoms with E-state index in [4.69, 9.17) is 10.5 Å². The number of hydrogen-bond acceptors (Lipinski definition) is 4. The molecular formula is C14H22N2O2. The van der Waals surface area contributed by atoms with Gasteiger partial charge < -0.3 is 10.5 Å². The third kappa shape index (κ3) is 3.29. The first kappa shape index (κ1) is 14.6. The third-order valence-electron chi connectivity index (χ3n) is 3.23. The van der Waals surface area contributed by atoms with Gasteiger partial charge in [-0.05, 0) is 18.9 Å². The van der Waals surface area contributed by atoms with E-state index in [0.717, 1.165) is 6.42 Å². The zero-order chi connectivity index (χ0) is 13.6. The number of ketones is 1. The Kier molecular flexibility index (Phi) is 5.28. The second-order valence-electron chi connectivity index (χ2n) is 4.71. The van der Waals surface area contributed by atoms with E-state index >= 15 is 0 Å². The molecule has 1 atom stereocenters. The van der Waals surface area contributed by atoms with Crippen molar-refractivity contribution in [2.45, 2.75) is 33.6 Å². The highest BCUT2D eigenvalue weighted by Gasteiger charge is 2.30. The molecule has 1 rings (SSSR count). The molecule has 1 heterocycles. The van der Waals surface area contributed by atoms with Crippen LogP contribution in [0.25, 0.3) is 0 Å². The van der Waals surface area contributed by atoms with Gasteiger partial charge in [-0.15, -0.1) is 0 Å². The number of Topliss-reactive ketones (excluding diaryl/α,β-unsaturated/α-hetero) is 1. The van der Waals surface area contributed by atoms with E-state index in [-0.39, 0.29) is 5.78 Å². The van der Waals surface area contributed by atoms with Crippen molar-refractivity contribution in [3.8, 4) is 5.75 Å². The third-order valence-corrected chi connectivity index (χ3v) is 3.23. The summed E-state index contributed by atoms with van der Waals surface area (Å²) in [5.41, 5.74) is 5.75. The zero-order valence-corrected chi connectivity index (χ0v) is 11.4. The minimum atomic E-state index is -0.523. The Morgan fingerprint density at radius 3 is 2.72 bits per heavy atom. The van der Waals surface area contributed by atoms with Gasteiger partial charge >= 0.3 is 0 Å². The highest BCUT2D eigenvalue weighted by molar-refractivity contribution is 6.00. The molecule has 2 N–H and O–H groups in total. The number of nitrogens with zero attached hydrogens (tertiary/aromatic N) is 1. The normalized spacial score (nSPS) is 14.0. The van der Waals surface area contributed by atoms with E-state index in [0.29, 0.717) is 30.9 Å². The molecule has 1 aromatic heterocycles. The van der Waals surface area contributed by atoms with Gasteiger partial charge in [0.25, 0.3) is 0 Å². The van der Waals surface area contributed by atoms with Crippen LogP contribution >= 0.6 is 0 Å². The molecule has 0 bridgehead atoms. The van der Waals surface area contributed by atoms with Crippen molar-refractivity contribution in [3.63, 3.8) is 0 Å². The van der Waals surface area contributed by atoms with Crippen molar-refractivity contribution in [2.75, 3.05) is 13.2 Å². The van der Waals surface area contributed by atoms with E-state index in [1.807, 2.05) is 20.8 Å². The molecule has 0 saturated heterocycles. The largest absolute Gasteiger partial charge is 0.492 e. The Balaban J connectivity index is 2.92. The second kappa shape index (κ2) is 6.50. The van der Waals surface area contributed by atoms with Crippen LogP contribution < -0.4 is 10.5 Å². The number of carbonyl (C=O) groups is 1. The minimum absolute atomic E-state index is 0.0296. The lowest BCUT2D eigenvalue weighted by Crippen LogP contribution is -2.35. The monoisotopic (exact) mass is 250 g/mol. The summed E-state index contributed by atoms with van der Waals surface area (Å²) in [6.07, 6.45) is 4.83. The smallest absolute Gasteiger partial charge is 0.171 e. The van der Waals surface area contributed by atoms with Gasteiger partial charge in [0.1, 0.15) is 5.75 Å². The number of nitrogens with two attached hydrogens (primary N) is 1. The molecule has 4 heteroatoms. The number of ether oxygens (including phenoxy) is 1. The van der Waals surface area contributed by atoms with Crippen molar-refractivity contribution in [3.05, 3.63) is 24.0 Å². The minimum Gasteiger partial charge on any atom is -0.492 e. The topological polar surface area (TPSA) is 65.2 Å². The van der Waals surface area contributed by atoms with E-state index in [1.54, 1.807) is 18.5 Å². The first-order valence-corrected chi connectivity index (χ1v) is 6.40. The van der Waals surface area contributed by atoms with Crippen LogP contribution in [0.15, 0.2) is 18.5 Å². The maximum Gasteiger partial charge on any atom is 0.171 e. The van der Waals surface area contributed by atoms with Gasteiger partial charge in [-0.3, -0.25) is 9.78 Å². The molecule has 0 aromatic carbocycles. The molecule has 0 radical (unpaired) electrons. The number of rotatable bonds is 7. The van der Waals surface area contributed by atoms with Gasteiger partial charge in [0.2, 0.25) is 0 Å². The maximum absolute atomic E-state index is 12.4. The summed E-state index contributed by atoms with van der Waals surface area (Å²) in [6, 6.07) is 1.74. The quantitative estimate of drug-likeness (QED) is 0.755. The summed E-state index contributed by atoms with van der Waals surface area (Å²) >= 11 is 0. The van der Waals surface area contributed by atoms with Crippen LogP contribution in [0, 0.1) is 5.41 Å². The lowest BCUT2D eigenvalue weighted by Gasteiger charge is -2.24. The van der Waals surface area contributed by atoms with Crippen LogP contribution in [0.2, 0.25) is 0 Å². The number of hydrogen-bond donors (Lipinski definition) is 1. The average molecular weight is 250 g/mol. The Morgan fingerprint density at radius 2 is 2.17 bits per heavy atom. The predicted molar refractivity (Wildman–Crippen MR) is 71.8 cm³/mol. The molecule has 0 aliphatic heterocycles. The van der Waals surface area contributed by atoms with Crippen molar-refractivity contribution in [1.82, 2.24) is 4.98 Å².